The second-order valence-electron chi connectivity index (χ2n) is 4.50. The highest BCUT2D eigenvalue weighted by Crippen LogP contribution is 2.17. The van der Waals surface area contributed by atoms with E-state index in [0.717, 1.165) is 11.1 Å². The van der Waals surface area contributed by atoms with Gasteiger partial charge in [-0.05, 0) is 44.9 Å². The number of hydrogen-bond acceptors (Lipinski definition) is 3. The molecule has 4 nitrogen and oxygen atoms in total. The molecule has 0 aliphatic carbocycles. The molecule has 1 amide bonds. The minimum atomic E-state index is -0.106. The highest BCUT2D eigenvalue weighted by Gasteiger charge is 2.11. The minimum Gasteiger partial charge on any atom is -0.398 e. The van der Waals surface area contributed by atoms with Gasteiger partial charge in [-0.2, -0.15) is 0 Å². The van der Waals surface area contributed by atoms with Crippen molar-refractivity contribution in [2.75, 3.05) is 18.9 Å². The molecule has 1 rings (SSSR count). The lowest BCUT2D eigenvalue weighted by Gasteiger charge is -2.14. The van der Waals surface area contributed by atoms with E-state index < -0.39 is 0 Å². The van der Waals surface area contributed by atoms with Gasteiger partial charge in [-0.3, -0.25) is 4.79 Å². The molecule has 1 unspecified atom stereocenters. The van der Waals surface area contributed by atoms with Crippen molar-refractivity contribution in [2.45, 2.75) is 33.8 Å². The van der Waals surface area contributed by atoms with E-state index >= 15 is 0 Å². The number of hydrogen-bond donors (Lipinski definition) is 2. The van der Waals surface area contributed by atoms with Crippen LogP contribution in [0.2, 0.25) is 0 Å². The monoisotopic (exact) mass is 250 g/mol. The summed E-state index contributed by atoms with van der Waals surface area (Å²) in [5.74, 6) is -0.106. The number of amides is 1. The van der Waals surface area contributed by atoms with Gasteiger partial charge in [0, 0.05) is 24.4 Å². The maximum absolute atomic E-state index is 12.0. The molecule has 1 atom stereocenters. The van der Waals surface area contributed by atoms with Crippen LogP contribution in [0, 0.1) is 13.8 Å². The Kier molecular flexibility index (Phi) is 5.16. The van der Waals surface area contributed by atoms with Gasteiger partial charge in [-0.1, -0.05) is 6.07 Å². The van der Waals surface area contributed by atoms with Gasteiger partial charge < -0.3 is 15.8 Å². The van der Waals surface area contributed by atoms with Crippen molar-refractivity contribution >= 4 is 11.6 Å². The average Bonchev–Trinajstić information content (AvgIpc) is 2.31. The van der Waals surface area contributed by atoms with E-state index in [1.54, 1.807) is 6.07 Å². The standard InChI is InChI=1S/C14H22N2O2/c1-5-18-11(4)8-16-14(17)12-7-13(15)10(3)6-9(12)2/h6-7,11H,5,8,15H2,1-4H3,(H,16,17). The lowest BCUT2D eigenvalue weighted by Crippen LogP contribution is -2.32. The largest absolute Gasteiger partial charge is 0.398 e. The van der Waals surface area contributed by atoms with Crippen LogP contribution in [0.25, 0.3) is 0 Å². The normalized spacial score (nSPS) is 12.2. The predicted molar refractivity (Wildman–Crippen MR) is 73.7 cm³/mol. The van der Waals surface area contributed by atoms with Crippen LogP contribution < -0.4 is 11.1 Å². The van der Waals surface area contributed by atoms with Crippen LogP contribution in [0.4, 0.5) is 5.69 Å². The molecule has 100 valence electrons. The number of nitrogen functional groups attached to an aromatic ring is 1. The summed E-state index contributed by atoms with van der Waals surface area (Å²) in [6.45, 7) is 8.85. The highest BCUT2D eigenvalue weighted by atomic mass is 16.5. The van der Waals surface area contributed by atoms with Crippen molar-refractivity contribution < 1.29 is 9.53 Å². The minimum absolute atomic E-state index is 0.0158. The fraction of sp³-hybridized carbons (Fsp3) is 0.500. The molecule has 18 heavy (non-hydrogen) atoms. The zero-order chi connectivity index (χ0) is 13.7. The molecule has 0 aliphatic heterocycles. The van der Waals surface area contributed by atoms with Crippen LogP contribution in [0.5, 0.6) is 0 Å². The Morgan fingerprint density at radius 2 is 2.06 bits per heavy atom. The number of carbonyl (C=O) groups is 1. The Balaban J connectivity index is 2.70. The predicted octanol–water partition coefficient (Wildman–Crippen LogP) is 2.04. The Labute approximate surface area is 109 Å². The number of nitrogens with two attached hydrogens (primary N) is 1. The SMILES string of the molecule is CCOC(C)CNC(=O)c1cc(N)c(C)cc1C. The molecule has 0 bridgehead atoms. The summed E-state index contributed by atoms with van der Waals surface area (Å²) in [7, 11) is 0. The van der Waals surface area contributed by atoms with Crippen molar-refractivity contribution in [3.63, 3.8) is 0 Å². The van der Waals surface area contributed by atoms with Crippen LogP contribution in [0.3, 0.4) is 0 Å². The summed E-state index contributed by atoms with van der Waals surface area (Å²) >= 11 is 0. The zero-order valence-corrected chi connectivity index (χ0v) is 11.5. The molecular formula is C14H22N2O2. The first-order valence-corrected chi connectivity index (χ1v) is 6.22. The van der Waals surface area contributed by atoms with Crippen LogP contribution in [0.15, 0.2) is 12.1 Å². The summed E-state index contributed by atoms with van der Waals surface area (Å²) < 4.78 is 5.36. The first kappa shape index (κ1) is 14.5. The van der Waals surface area contributed by atoms with E-state index in [2.05, 4.69) is 5.32 Å². The van der Waals surface area contributed by atoms with Crippen LogP contribution in [-0.4, -0.2) is 25.2 Å². The molecule has 0 aliphatic rings. The molecule has 1 aromatic rings. The second-order valence-corrected chi connectivity index (χ2v) is 4.50. The van der Waals surface area contributed by atoms with E-state index in [4.69, 9.17) is 10.5 Å². The molecule has 1 aromatic carbocycles. The summed E-state index contributed by atoms with van der Waals surface area (Å²) in [5, 5.41) is 2.85. The topological polar surface area (TPSA) is 64.3 Å². The van der Waals surface area contributed by atoms with E-state index in [0.29, 0.717) is 24.4 Å². The lowest BCUT2D eigenvalue weighted by atomic mass is 10.0. The number of carbonyl (C=O) groups excluding carboxylic acids is 1. The molecule has 0 fully saturated rings. The van der Waals surface area contributed by atoms with Crippen LogP contribution in [0.1, 0.15) is 35.3 Å². The number of ether oxygens (including phenoxy) is 1. The van der Waals surface area contributed by atoms with E-state index in [-0.39, 0.29) is 12.0 Å². The van der Waals surface area contributed by atoms with Crippen molar-refractivity contribution in [2.24, 2.45) is 0 Å². The van der Waals surface area contributed by atoms with Crippen molar-refractivity contribution in [1.29, 1.82) is 0 Å². The molecular weight excluding hydrogens is 228 g/mol. The van der Waals surface area contributed by atoms with Gasteiger partial charge >= 0.3 is 0 Å². The Hall–Kier alpha value is -1.55. The number of benzene rings is 1. The highest BCUT2D eigenvalue weighted by molar-refractivity contribution is 5.96. The Morgan fingerprint density at radius 3 is 2.67 bits per heavy atom. The molecule has 4 heteroatoms. The van der Waals surface area contributed by atoms with Gasteiger partial charge in [0.15, 0.2) is 0 Å². The third-order valence-electron chi connectivity index (χ3n) is 2.86. The third kappa shape index (κ3) is 3.74. The maximum atomic E-state index is 12.0. The number of anilines is 1. The fourth-order valence-corrected chi connectivity index (χ4v) is 1.79. The van der Waals surface area contributed by atoms with Gasteiger partial charge in [0.2, 0.25) is 0 Å². The first-order chi connectivity index (χ1) is 8.45. The van der Waals surface area contributed by atoms with Crippen molar-refractivity contribution in [1.82, 2.24) is 5.32 Å². The maximum Gasteiger partial charge on any atom is 0.251 e. The zero-order valence-electron chi connectivity index (χ0n) is 11.5. The molecule has 3 N–H and O–H groups in total. The number of rotatable bonds is 5. The number of aryl methyl sites for hydroxylation is 2. The molecule has 0 heterocycles. The van der Waals surface area contributed by atoms with Gasteiger partial charge in [0.25, 0.3) is 5.91 Å². The first-order valence-electron chi connectivity index (χ1n) is 6.22. The van der Waals surface area contributed by atoms with E-state index in [1.165, 1.54) is 0 Å². The number of nitrogens with one attached hydrogen (secondary N) is 1. The molecule has 0 aromatic heterocycles. The fourth-order valence-electron chi connectivity index (χ4n) is 1.79. The lowest BCUT2D eigenvalue weighted by molar-refractivity contribution is 0.0695. The van der Waals surface area contributed by atoms with Gasteiger partial charge in [0.05, 0.1) is 6.10 Å². The van der Waals surface area contributed by atoms with Gasteiger partial charge in [-0.15, -0.1) is 0 Å². The second kappa shape index (κ2) is 6.40. The summed E-state index contributed by atoms with van der Waals surface area (Å²) in [5.41, 5.74) is 9.02. The molecule has 0 saturated heterocycles. The summed E-state index contributed by atoms with van der Waals surface area (Å²) in [6.07, 6.45) is 0.0158. The van der Waals surface area contributed by atoms with Crippen LogP contribution in [-0.2, 0) is 4.74 Å². The molecule has 0 spiro atoms. The van der Waals surface area contributed by atoms with Crippen molar-refractivity contribution in [3.8, 4) is 0 Å². The third-order valence-corrected chi connectivity index (χ3v) is 2.86. The Morgan fingerprint density at radius 1 is 1.39 bits per heavy atom. The smallest absolute Gasteiger partial charge is 0.251 e. The van der Waals surface area contributed by atoms with Gasteiger partial charge in [0.1, 0.15) is 0 Å². The molecule has 0 radical (unpaired) electrons. The van der Waals surface area contributed by atoms with Crippen molar-refractivity contribution in [3.05, 3.63) is 28.8 Å². The molecule has 0 saturated carbocycles. The summed E-state index contributed by atoms with van der Waals surface area (Å²) in [6, 6.07) is 3.65. The Bertz CT molecular complexity index is 430. The van der Waals surface area contributed by atoms with E-state index in [1.807, 2.05) is 33.8 Å². The van der Waals surface area contributed by atoms with E-state index in [9.17, 15) is 4.79 Å². The quantitative estimate of drug-likeness (QED) is 0.786. The summed E-state index contributed by atoms with van der Waals surface area (Å²) in [4.78, 5) is 12.0. The average molecular weight is 250 g/mol. The van der Waals surface area contributed by atoms with Gasteiger partial charge in [-0.25, -0.2) is 0 Å². The van der Waals surface area contributed by atoms with Crippen LogP contribution >= 0.6 is 0 Å².